The number of hydrogen-bond donors (Lipinski definition) is 1. The van der Waals surface area contributed by atoms with Crippen molar-refractivity contribution in [1.82, 2.24) is 9.97 Å². The number of aromatic nitrogens is 2. The zero-order chi connectivity index (χ0) is 16.4. The molecule has 0 radical (unpaired) electrons. The number of rotatable bonds is 3. The van der Waals surface area contributed by atoms with Gasteiger partial charge in [-0.3, -0.25) is 9.78 Å². The van der Waals surface area contributed by atoms with Crippen LogP contribution in [-0.4, -0.2) is 15.9 Å². The SMILES string of the molecule is Cc1cc(C)c(NC(=O)c2csc(-c3cccnc3)n2)c(C)c1. The first-order chi connectivity index (χ1) is 11.0. The van der Waals surface area contributed by atoms with Gasteiger partial charge in [0.2, 0.25) is 0 Å². The fraction of sp³-hybridized carbons (Fsp3) is 0.167. The number of carbonyl (C=O) groups excluding carboxylic acids is 1. The van der Waals surface area contributed by atoms with E-state index in [2.05, 4.69) is 27.4 Å². The molecule has 3 aromatic rings. The maximum Gasteiger partial charge on any atom is 0.275 e. The van der Waals surface area contributed by atoms with Gasteiger partial charge in [-0.2, -0.15) is 0 Å². The van der Waals surface area contributed by atoms with Gasteiger partial charge in [0, 0.05) is 29.0 Å². The summed E-state index contributed by atoms with van der Waals surface area (Å²) >= 11 is 1.44. The summed E-state index contributed by atoms with van der Waals surface area (Å²) in [6.07, 6.45) is 3.46. The molecule has 116 valence electrons. The van der Waals surface area contributed by atoms with Crippen LogP contribution in [0.2, 0.25) is 0 Å². The van der Waals surface area contributed by atoms with Crippen molar-refractivity contribution in [3.63, 3.8) is 0 Å². The summed E-state index contributed by atoms with van der Waals surface area (Å²) in [5.41, 5.74) is 5.49. The lowest BCUT2D eigenvalue weighted by atomic mass is 10.1. The van der Waals surface area contributed by atoms with E-state index < -0.39 is 0 Å². The fourth-order valence-electron chi connectivity index (χ4n) is 2.55. The Balaban J connectivity index is 1.84. The average Bonchev–Trinajstić information content (AvgIpc) is 3.01. The van der Waals surface area contributed by atoms with Crippen molar-refractivity contribution in [2.75, 3.05) is 5.32 Å². The zero-order valence-electron chi connectivity index (χ0n) is 13.3. The van der Waals surface area contributed by atoms with E-state index in [-0.39, 0.29) is 5.91 Å². The van der Waals surface area contributed by atoms with Crippen molar-refractivity contribution < 1.29 is 4.79 Å². The highest BCUT2D eigenvalue weighted by Gasteiger charge is 2.14. The molecule has 0 aliphatic heterocycles. The number of aryl methyl sites for hydroxylation is 3. The van der Waals surface area contributed by atoms with Crippen LogP contribution in [-0.2, 0) is 0 Å². The van der Waals surface area contributed by atoms with Gasteiger partial charge in [0.1, 0.15) is 10.7 Å². The Kier molecular flexibility index (Phi) is 4.21. The molecule has 0 spiro atoms. The number of amides is 1. The number of hydrogen-bond acceptors (Lipinski definition) is 4. The molecule has 3 rings (SSSR count). The largest absolute Gasteiger partial charge is 0.320 e. The van der Waals surface area contributed by atoms with E-state index in [9.17, 15) is 4.79 Å². The molecule has 0 aliphatic carbocycles. The average molecular weight is 323 g/mol. The molecule has 2 aromatic heterocycles. The van der Waals surface area contributed by atoms with E-state index in [1.165, 1.54) is 16.9 Å². The van der Waals surface area contributed by atoms with Gasteiger partial charge >= 0.3 is 0 Å². The van der Waals surface area contributed by atoms with Gasteiger partial charge in [0.25, 0.3) is 5.91 Å². The second kappa shape index (κ2) is 6.30. The predicted octanol–water partition coefficient (Wildman–Crippen LogP) is 4.38. The minimum Gasteiger partial charge on any atom is -0.320 e. The summed E-state index contributed by atoms with van der Waals surface area (Å²) in [4.78, 5) is 21.0. The van der Waals surface area contributed by atoms with Crippen LogP contribution in [0.5, 0.6) is 0 Å². The lowest BCUT2D eigenvalue weighted by Crippen LogP contribution is -2.14. The summed E-state index contributed by atoms with van der Waals surface area (Å²) < 4.78 is 0. The molecule has 1 N–H and O–H groups in total. The number of carbonyl (C=O) groups is 1. The van der Waals surface area contributed by atoms with Crippen molar-refractivity contribution in [2.45, 2.75) is 20.8 Å². The van der Waals surface area contributed by atoms with E-state index in [1.54, 1.807) is 17.8 Å². The van der Waals surface area contributed by atoms with Crippen LogP contribution in [0.25, 0.3) is 10.6 Å². The Labute approximate surface area is 139 Å². The van der Waals surface area contributed by atoms with Gasteiger partial charge in [-0.1, -0.05) is 17.7 Å². The lowest BCUT2D eigenvalue weighted by Gasteiger charge is -2.11. The predicted molar refractivity (Wildman–Crippen MR) is 94.0 cm³/mol. The quantitative estimate of drug-likeness (QED) is 0.778. The molecule has 0 unspecified atom stereocenters. The van der Waals surface area contributed by atoms with Gasteiger partial charge < -0.3 is 5.32 Å². The van der Waals surface area contributed by atoms with Crippen molar-refractivity contribution in [3.05, 3.63) is 64.4 Å². The Morgan fingerprint density at radius 3 is 2.57 bits per heavy atom. The first kappa shape index (κ1) is 15.4. The van der Waals surface area contributed by atoms with Crippen LogP contribution in [0.3, 0.4) is 0 Å². The third kappa shape index (κ3) is 3.29. The summed E-state index contributed by atoms with van der Waals surface area (Å²) in [6.45, 7) is 6.04. The third-order valence-electron chi connectivity index (χ3n) is 3.56. The fourth-order valence-corrected chi connectivity index (χ4v) is 3.35. The van der Waals surface area contributed by atoms with Crippen molar-refractivity contribution in [2.24, 2.45) is 0 Å². The van der Waals surface area contributed by atoms with E-state index in [1.807, 2.05) is 32.9 Å². The third-order valence-corrected chi connectivity index (χ3v) is 4.45. The molecule has 1 amide bonds. The van der Waals surface area contributed by atoms with Crippen LogP contribution in [0.1, 0.15) is 27.2 Å². The van der Waals surface area contributed by atoms with E-state index in [0.717, 1.165) is 27.4 Å². The zero-order valence-corrected chi connectivity index (χ0v) is 14.1. The van der Waals surface area contributed by atoms with Gasteiger partial charge in [0.15, 0.2) is 0 Å². The number of nitrogens with one attached hydrogen (secondary N) is 1. The van der Waals surface area contributed by atoms with Crippen LogP contribution >= 0.6 is 11.3 Å². The first-order valence-corrected chi connectivity index (χ1v) is 8.17. The van der Waals surface area contributed by atoms with E-state index in [4.69, 9.17) is 0 Å². The van der Waals surface area contributed by atoms with Crippen molar-refractivity contribution >= 4 is 22.9 Å². The smallest absolute Gasteiger partial charge is 0.275 e. The summed E-state index contributed by atoms with van der Waals surface area (Å²) in [7, 11) is 0. The highest BCUT2D eigenvalue weighted by Crippen LogP contribution is 2.25. The number of thiazole rings is 1. The monoisotopic (exact) mass is 323 g/mol. The Morgan fingerprint density at radius 2 is 1.91 bits per heavy atom. The normalized spacial score (nSPS) is 10.6. The molecule has 23 heavy (non-hydrogen) atoms. The molecular weight excluding hydrogens is 306 g/mol. The maximum absolute atomic E-state index is 12.5. The molecule has 4 nitrogen and oxygen atoms in total. The lowest BCUT2D eigenvalue weighted by molar-refractivity contribution is 0.102. The Morgan fingerprint density at radius 1 is 1.17 bits per heavy atom. The number of benzene rings is 1. The topological polar surface area (TPSA) is 54.9 Å². The highest BCUT2D eigenvalue weighted by molar-refractivity contribution is 7.13. The van der Waals surface area contributed by atoms with Gasteiger partial charge in [-0.25, -0.2) is 4.98 Å². The second-order valence-corrected chi connectivity index (χ2v) is 6.37. The van der Waals surface area contributed by atoms with Crippen LogP contribution in [0, 0.1) is 20.8 Å². The molecule has 0 aliphatic rings. The number of nitrogens with zero attached hydrogens (tertiary/aromatic N) is 2. The molecular formula is C18H17N3OS. The molecule has 0 saturated carbocycles. The van der Waals surface area contributed by atoms with Crippen LogP contribution in [0.15, 0.2) is 42.0 Å². The minimum atomic E-state index is -0.188. The molecule has 0 fully saturated rings. The minimum absolute atomic E-state index is 0.188. The molecule has 1 aromatic carbocycles. The molecule has 0 bridgehead atoms. The van der Waals surface area contributed by atoms with Gasteiger partial charge in [-0.05, 0) is 44.0 Å². The van der Waals surface area contributed by atoms with Crippen molar-refractivity contribution in [1.29, 1.82) is 0 Å². The Hall–Kier alpha value is -2.53. The van der Waals surface area contributed by atoms with Crippen LogP contribution in [0.4, 0.5) is 5.69 Å². The molecule has 0 atom stereocenters. The first-order valence-electron chi connectivity index (χ1n) is 7.29. The van der Waals surface area contributed by atoms with E-state index >= 15 is 0 Å². The summed E-state index contributed by atoms with van der Waals surface area (Å²) in [6, 6.07) is 7.91. The standard InChI is InChI=1S/C18H17N3OS/c1-11-7-12(2)16(13(3)8-11)21-17(22)15-10-23-18(20-15)14-5-4-6-19-9-14/h4-10H,1-3H3,(H,21,22). The molecule has 5 heteroatoms. The second-order valence-electron chi connectivity index (χ2n) is 5.51. The van der Waals surface area contributed by atoms with Crippen molar-refractivity contribution in [3.8, 4) is 10.6 Å². The summed E-state index contributed by atoms with van der Waals surface area (Å²) in [5.74, 6) is -0.188. The number of pyridine rings is 1. The maximum atomic E-state index is 12.5. The van der Waals surface area contributed by atoms with Crippen LogP contribution < -0.4 is 5.32 Å². The molecule has 0 saturated heterocycles. The highest BCUT2D eigenvalue weighted by atomic mass is 32.1. The van der Waals surface area contributed by atoms with Gasteiger partial charge in [0.05, 0.1) is 0 Å². The molecule has 2 heterocycles. The Bertz CT molecular complexity index is 833. The summed E-state index contributed by atoms with van der Waals surface area (Å²) in [5, 5.41) is 5.54. The number of anilines is 1. The van der Waals surface area contributed by atoms with E-state index in [0.29, 0.717) is 5.69 Å². The van der Waals surface area contributed by atoms with Gasteiger partial charge in [-0.15, -0.1) is 11.3 Å².